The third-order valence-corrected chi connectivity index (χ3v) is 5.95. The number of aromatic nitrogens is 2. The van der Waals surface area contributed by atoms with E-state index in [0.29, 0.717) is 16.3 Å². The van der Waals surface area contributed by atoms with Gasteiger partial charge in [0.05, 0.1) is 12.8 Å². The first-order valence-corrected chi connectivity index (χ1v) is 11.0. The van der Waals surface area contributed by atoms with E-state index in [-0.39, 0.29) is 30.1 Å². The Morgan fingerprint density at radius 3 is 2.63 bits per heavy atom. The minimum atomic E-state index is -0.859. The maximum atomic E-state index is 13.4. The SMILES string of the molecule is O=C(NC1CCCC1)[C@H](c1ccc(Cl)cc1)N(Cc1ccco1)C(=O)c1csnn1. The van der Waals surface area contributed by atoms with Crippen molar-refractivity contribution in [1.82, 2.24) is 19.8 Å². The van der Waals surface area contributed by atoms with Crippen molar-refractivity contribution in [2.75, 3.05) is 0 Å². The Balaban J connectivity index is 1.71. The Morgan fingerprint density at radius 2 is 2.00 bits per heavy atom. The van der Waals surface area contributed by atoms with Crippen molar-refractivity contribution in [3.8, 4) is 0 Å². The van der Waals surface area contributed by atoms with Crippen molar-refractivity contribution in [2.45, 2.75) is 44.3 Å². The Labute approximate surface area is 183 Å². The van der Waals surface area contributed by atoms with E-state index in [2.05, 4.69) is 14.9 Å². The number of carbonyl (C=O) groups excluding carboxylic acids is 2. The zero-order chi connectivity index (χ0) is 20.9. The molecule has 3 aromatic rings. The fourth-order valence-electron chi connectivity index (χ4n) is 3.72. The van der Waals surface area contributed by atoms with E-state index in [9.17, 15) is 9.59 Å². The zero-order valence-electron chi connectivity index (χ0n) is 16.2. The molecule has 1 saturated carbocycles. The summed E-state index contributed by atoms with van der Waals surface area (Å²) in [6.45, 7) is 0.120. The molecule has 2 heterocycles. The lowest BCUT2D eigenvalue weighted by Crippen LogP contribution is -2.46. The van der Waals surface area contributed by atoms with Crippen LogP contribution >= 0.6 is 23.1 Å². The third kappa shape index (κ3) is 4.71. The van der Waals surface area contributed by atoms with E-state index in [4.69, 9.17) is 16.0 Å². The lowest BCUT2D eigenvalue weighted by atomic mass is 10.0. The quantitative estimate of drug-likeness (QED) is 0.589. The molecule has 0 radical (unpaired) electrons. The molecule has 0 aliphatic heterocycles. The highest BCUT2D eigenvalue weighted by Crippen LogP contribution is 2.28. The van der Waals surface area contributed by atoms with Crippen LogP contribution in [0.4, 0.5) is 0 Å². The van der Waals surface area contributed by atoms with Gasteiger partial charge in [0.15, 0.2) is 5.69 Å². The van der Waals surface area contributed by atoms with Gasteiger partial charge in [-0.15, -0.1) is 5.10 Å². The van der Waals surface area contributed by atoms with Crippen LogP contribution in [0.5, 0.6) is 0 Å². The van der Waals surface area contributed by atoms with Gasteiger partial charge in [-0.2, -0.15) is 0 Å². The van der Waals surface area contributed by atoms with Gasteiger partial charge in [0, 0.05) is 16.4 Å². The largest absolute Gasteiger partial charge is 0.467 e. The molecular weight excluding hydrogens is 424 g/mol. The molecule has 1 fully saturated rings. The van der Waals surface area contributed by atoms with Gasteiger partial charge in [-0.25, -0.2) is 0 Å². The zero-order valence-corrected chi connectivity index (χ0v) is 17.7. The molecule has 156 valence electrons. The van der Waals surface area contributed by atoms with Crippen LogP contribution in [0.2, 0.25) is 5.02 Å². The maximum absolute atomic E-state index is 13.4. The predicted octanol–water partition coefficient (Wildman–Crippen LogP) is 4.23. The molecule has 0 spiro atoms. The van der Waals surface area contributed by atoms with E-state index in [0.717, 1.165) is 37.2 Å². The van der Waals surface area contributed by atoms with E-state index in [1.54, 1.807) is 41.8 Å². The number of rotatable bonds is 7. The van der Waals surface area contributed by atoms with Gasteiger partial charge in [-0.05, 0) is 54.2 Å². The Kier molecular flexibility index (Phi) is 6.44. The molecule has 1 aliphatic rings. The van der Waals surface area contributed by atoms with Crippen LogP contribution in [-0.4, -0.2) is 32.3 Å². The predicted molar refractivity (Wildman–Crippen MR) is 113 cm³/mol. The Bertz CT molecular complexity index is 970. The van der Waals surface area contributed by atoms with Crippen molar-refractivity contribution < 1.29 is 14.0 Å². The first-order chi connectivity index (χ1) is 14.6. The lowest BCUT2D eigenvalue weighted by Gasteiger charge is -2.31. The van der Waals surface area contributed by atoms with E-state index >= 15 is 0 Å². The van der Waals surface area contributed by atoms with Gasteiger partial charge >= 0.3 is 0 Å². The Morgan fingerprint density at radius 1 is 1.23 bits per heavy atom. The molecule has 4 rings (SSSR count). The fraction of sp³-hybridized carbons (Fsp3) is 0.333. The lowest BCUT2D eigenvalue weighted by molar-refractivity contribution is -0.126. The third-order valence-electron chi connectivity index (χ3n) is 5.19. The highest BCUT2D eigenvalue weighted by Gasteiger charge is 2.35. The van der Waals surface area contributed by atoms with Crippen molar-refractivity contribution in [2.24, 2.45) is 0 Å². The van der Waals surface area contributed by atoms with Crippen LogP contribution < -0.4 is 5.32 Å². The van der Waals surface area contributed by atoms with E-state index in [1.165, 1.54) is 11.2 Å². The molecule has 1 aliphatic carbocycles. The van der Waals surface area contributed by atoms with Crippen LogP contribution in [0.15, 0.2) is 52.5 Å². The average molecular weight is 445 g/mol. The minimum absolute atomic E-state index is 0.119. The number of furan rings is 1. The molecule has 2 aromatic heterocycles. The summed E-state index contributed by atoms with van der Waals surface area (Å²) in [5.41, 5.74) is 0.858. The molecule has 0 saturated heterocycles. The molecule has 2 amide bonds. The molecule has 9 heteroatoms. The fourth-order valence-corrected chi connectivity index (χ4v) is 4.28. The second-order valence-electron chi connectivity index (χ2n) is 7.25. The number of hydrogen-bond acceptors (Lipinski definition) is 6. The maximum Gasteiger partial charge on any atom is 0.276 e. The summed E-state index contributed by atoms with van der Waals surface area (Å²) in [5, 5.41) is 9.17. The van der Waals surface area contributed by atoms with Crippen molar-refractivity contribution in [3.63, 3.8) is 0 Å². The number of hydrogen-bond donors (Lipinski definition) is 1. The number of nitrogens with one attached hydrogen (secondary N) is 1. The monoisotopic (exact) mass is 444 g/mol. The normalized spacial score (nSPS) is 15.1. The number of halogens is 1. The highest BCUT2D eigenvalue weighted by atomic mass is 35.5. The first-order valence-electron chi connectivity index (χ1n) is 9.78. The van der Waals surface area contributed by atoms with Crippen molar-refractivity contribution in [1.29, 1.82) is 0 Å². The number of carbonyl (C=O) groups is 2. The van der Waals surface area contributed by atoms with Crippen LogP contribution in [0.1, 0.15) is 53.5 Å². The van der Waals surface area contributed by atoms with Gasteiger partial charge in [-0.1, -0.05) is 41.1 Å². The average Bonchev–Trinajstić information content (AvgIpc) is 3.52. The van der Waals surface area contributed by atoms with Gasteiger partial charge in [0.2, 0.25) is 5.91 Å². The van der Waals surface area contributed by atoms with Crippen LogP contribution in [0, 0.1) is 0 Å². The highest BCUT2D eigenvalue weighted by molar-refractivity contribution is 7.03. The molecular formula is C21H21ClN4O3S. The van der Waals surface area contributed by atoms with E-state index in [1.807, 2.05) is 0 Å². The van der Waals surface area contributed by atoms with Gasteiger partial charge < -0.3 is 14.6 Å². The van der Waals surface area contributed by atoms with Crippen molar-refractivity contribution in [3.05, 3.63) is 70.1 Å². The molecule has 30 heavy (non-hydrogen) atoms. The summed E-state index contributed by atoms with van der Waals surface area (Å²) >= 11 is 7.15. The molecule has 1 N–H and O–H groups in total. The molecule has 0 unspecified atom stereocenters. The number of nitrogens with zero attached hydrogens (tertiary/aromatic N) is 3. The van der Waals surface area contributed by atoms with Crippen LogP contribution in [0.25, 0.3) is 0 Å². The summed E-state index contributed by atoms with van der Waals surface area (Å²) in [5.74, 6) is -0.0480. The second-order valence-corrected chi connectivity index (χ2v) is 8.29. The summed E-state index contributed by atoms with van der Waals surface area (Å²) in [7, 11) is 0. The van der Waals surface area contributed by atoms with Crippen LogP contribution in [0.3, 0.4) is 0 Å². The smallest absolute Gasteiger partial charge is 0.276 e. The van der Waals surface area contributed by atoms with Gasteiger partial charge in [-0.3, -0.25) is 9.59 Å². The summed E-state index contributed by atoms with van der Waals surface area (Å²) in [6, 6.07) is 9.74. The van der Waals surface area contributed by atoms with Gasteiger partial charge in [0.25, 0.3) is 5.91 Å². The van der Waals surface area contributed by atoms with Crippen LogP contribution in [-0.2, 0) is 11.3 Å². The Hall–Kier alpha value is -2.71. The number of amides is 2. The molecule has 1 atom stereocenters. The first kappa shape index (κ1) is 20.6. The summed E-state index contributed by atoms with van der Waals surface area (Å²) in [4.78, 5) is 28.2. The standard InChI is InChI=1S/C21H21ClN4O3S/c22-15-9-7-14(8-10-15)19(20(27)23-16-4-1-2-5-16)26(12-17-6-3-11-29-17)21(28)18-13-30-25-24-18/h3,6-11,13,16,19H,1-2,4-5,12H2,(H,23,27)/t19-/m0/s1. The minimum Gasteiger partial charge on any atom is -0.467 e. The van der Waals surface area contributed by atoms with E-state index < -0.39 is 6.04 Å². The second kappa shape index (κ2) is 9.40. The number of benzene rings is 1. The van der Waals surface area contributed by atoms with Gasteiger partial charge in [0.1, 0.15) is 11.8 Å². The molecule has 1 aromatic carbocycles. The molecule has 7 nitrogen and oxygen atoms in total. The topological polar surface area (TPSA) is 88.3 Å². The summed E-state index contributed by atoms with van der Waals surface area (Å²) < 4.78 is 9.27. The summed E-state index contributed by atoms with van der Waals surface area (Å²) in [6.07, 6.45) is 5.62. The van der Waals surface area contributed by atoms with Crippen molar-refractivity contribution >= 4 is 34.9 Å². The molecule has 0 bridgehead atoms.